The fraction of sp³-hybridized carbons (Fsp3) is 0.722. The number of aromatic nitrogens is 3. The van der Waals surface area contributed by atoms with Gasteiger partial charge in [0.15, 0.2) is 5.16 Å². The molecule has 2 heterocycles. The Hall–Kier alpha value is -1.34. The smallest absolute Gasteiger partial charge is 0.233 e. The Bertz CT molecular complexity index is 587. The first-order chi connectivity index (χ1) is 11.9. The van der Waals surface area contributed by atoms with Crippen molar-refractivity contribution in [3.63, 3.8) is 0 Å². The molecule has 1 aromatic rings. The summed E-state index contributed by atoms with van der Waals surface area (Å²) < 4.78 is 2.13. The van der Waals surface area contributed by atoms with Crippen LogP contribution in [0.1, 0.15) is 58.7 Å². The Balaban J connectivity index is 2.18. The number of rotatable bonds is 7. The lowest BCUT2D eigenvalue weighted by Crippen LogP contribution is -2.44. The topological polar surface area (TPSA) is 71.8 Å². The standard InChI is InChI=1S/C18H31N5OS/c1-6-12-23-15(13-8-10-19-11-9-13)21-22-17(23)25-14(7-2)16(24)20-18(3,4)5/h6,13-14,19H,1,7-12H2,2-5H3,(H,20,24)/t14-/m0/s1. The summed E-state index contributed by atoms with van der Waals surface area (Å²) >= 11 is 1.50. The quantitative estimate of drug-likeness (QED) is 0.574. The van der Waals surface area contributed by atoms with Crippen LogP contribution in [0.4, 0.5) is 0 Å². The predicted molar refractivity (Wildman–Crippen MR) is 103 cm³/mol. The highest BCUT2D eigenvalue weighted by Crippen LogP contribution is 2.30. The van der Waals surface area contributed by atoms with E-state index in [1.165, 1.54) is 11.8 Å². The van der Waals surface area contributed by atoms with Crippen molar-refractivity contribution in [2.75, 3.05) is 13.1 Å². The van der Waals surface area contributed by atoms with Crippen molar-refractivity contribution in [1.82, 2.24) is 25.4 Å². The molecule has 140 valence electrons. The summed E-state index contributed by atoms with van der Waals surface area (Å²) in [7, 11) is 0. The van der Waals surface area contributed by atoms with Crippen molar-refractivity contribution >= 4 is 17.7 Å². The summed E-state index contributed by atoms with van der Waals surface area (Å²) in [5.41, 5.74) is -0.236. The molecule has 1 atom stereocenters. The summed E-state index contributed by atoms with van der Waals surface area (Å²) in [4.78, 5) is 12.6. The second kappa shape index (κ2) is 8.85. The lowest BCUT2D eigenvalue weighted by Gasteiger charge is -2.24. The number of amides is 1. The molecule has 7 heteroatoms. The van der Waals surface area contributed by atoms with Crippen LogP contribution in [0.25, 0.3) is 0 Å². The van der Waals surface area contributed by atoms with Crippen molar-refractivity contribution in [2.45, 2.75) is 75.4 Å². The summed E-state index contributed by atoms with van der Waals surface area (Å²) in [5, 5.41) is 16.0. The number of thioether (sulfide) groups is 1. The number of nitrogens with one attached hydrogen (secondary N) is 2. The number of carbonyl (C=O) groups excluding carboxylic acids is 1. The fourth-order valence-electron chi connectivity index (χ4n) is 2.97. The zero-order valence-electron chi connectivity index (χ0n) is 15.8. The molecule has 1 amide bonds. The Morgan fingerprint density at radius 3 is 2.68 bits per heavy atom. The van der Waals surface area contributed by atoms with Gasteiger partial charge in [-0.2, -0.15) is 0 Å². The third kappa shape index (κ3) is 5.57. The van der Waals surface area contributed by atoms with Crippen LogP contribution in [0.3, 0.4) is 0 Å². The van der Waals surface area contributed by atoms with Gasteiger partial charge in [-0.25, -0.2) is 0 Å². The van der Waals surface area contributed by atoms with Crippen molar-refractivity contribution in [3.05, 3.63) is 18.5 Å². The number of hydrogen-bond donors (Lipinski definition) is 2. The molecule has 6 nitrogen and oxygen atoms in total. The van der Waals surface area contributed by atoms with Gasteiger partial charge in [-0.1, -0.05) is 24.8 Å². The van der Waals surface area contributed by atoms with E-state index in [4.69, 9.17) is 0 Å². The Morgan fingerprint density at radius 2 is 2.12 bits per heavy atom. The molecule has 0 bridgehead atoms. The fourth-order valence-corrected chi connectivity index (χ4v) is 3.94. The van der Waals surface area contributed by atoms with E-state index in [1.54, 1.807) is 0 Å². The highest BCUT2D eigenvalue weighted by molar-refractivity contribution is 8.00. The molecule has 0 aromatic carbocycles. The number of allylic oxidation sites excluding steroid dienone is 1. The molecule has 1 fully saturated rings. The van der Waals surface area contributed by atoms with Crippen LogP contribution in [0.5, 0.6) is 0 Å². The van der Waals surface area contributed by atoms with E-state index in [0.29, 0.717) is 12.5 Å². The molecular formula is C18H31N5OS. The molecule has 2 rings (SSSR count). The van der Waals surface area contributed by atoms with Gasteiger partial charge in [-0.05, 0) is 53.1 Å². The van der Waals surface area contributed by atoms with Crippen molar-refractivity contribution in [2.24, 2.45) is 0 Å². The molecule has 0 radical (unpaired) electrons. The summed E-state index contributed by atoms with van der Waals surface area (Å²) in [6.45, 7) is 14.6. The summed E-state index contributed by atoms with van der Waals surface area (Å²) in [6, 6.07) is 0. The molecule has 2 N–H and O–H groups in total. The van der Waals surface area contributed by atoms with Gasteiger partial charge in [0.25, 0.3) is 0 Å². The van der Waals surface area contributed by atoms with Gasteiger partial charge in [0.2, 0.25) is 5.91 Å². The minimum atomic E-state index is -0.236. The summed E-state index contributed by atoms with van der Waals surface area (Å²) in [6.07, 6.45) is 4.76. The molecule has 1 aliphatic heterocycles. The SMILES string of the molecule is C=CCn1c(S[C@@H](CC)C(=O)NC(C)(C)C)nnc1C1CCNCC1. The zero-order chi connectivity index (χ0) is 18.4. The lowest BCUT2D eigenvalue weighted by molar-refractivity contribution is -0.122. The molecule has 1 saturated heterocycles. The Kier molecular flexibility index (Phi) is 7.07. The molecule has 25 heavy (non-hydrogen) atoms. The van der Waals surface area contributed by atoms with Crippen LogP contribution in [0, 0.1) is 0 Å². The molecule has 1 aliphatic rings. The minimum Gasteiger partial charge on any atom is -0.351 e. The molecule has 1 aromatic heterocycles. The van der Waals surface area contributed by atoms with Crippen LogP contribution in [0.2, 0.25) is 0 Å². The number of hydrogen-bond acceptors (Lipinski definition) is 5. The Labute approximate surface area is 155 Å². The number of carbonyl (C=O) groups is 1. The first kappa shape index (κ1) is 20.0. The van der Waals surface area contributed by atoms with Crippen LogP contribution < -0.4 is 10.6 Å². The first-order valence-corrected chi connectivity index (χ1v) is 9.97. The van der Waals surface area contributed by atoms with E-state index in [-0.39, 0.29) is 16.7 Å². The van der Waals surface area contributed by atoms with Gasteiger partial charge in [0.05, 0.1) is 5.25 Å². The van der Waals surface area contributed by atoms with E-state index >= 15 is 0 Å². The Morgan fingerprint density at radius 1 is 1.44 bits per heavy atom. The number of piperidine rings is 1. The maximum Gasteiger partial charge on any atom is 0.233 e. The third-order valence-corrected chi connectivity index (χ3v) is 5.52. The van der Waals surface area contributed by atoms with Gasteiger partial charge >= 0.3 is 0 Å². The van der Waals surface area contributed by atoms with Crippen LogP contribution in [-0.2, 0) is 11.3 Å². The van der Waals surface area contributed by atoms with Crippen LogP contribution in [0.15, 0.2) is 17.8 Å². The van der Waals surface area contributed by atoms with E-state index in [9.17, 15) is 4.79 Å². The third-order valence-electron chi connectivity index (χ3n) is 4.17. The van der Waals surface area contributed by atoms with Gasteiger partial charge in [0.1, 0.15) is 5.82 Å². The van der Waals surface area contributed by atoms with Crippen molar-refractivity contribution in [3.8, 4) is 0 Å². The first-order valence-electron chi connectivity index (χ1n) is 9.09. The monoisotopic (exact) mass is 365 g/mol. The normalized spacial score (nSPS) is 17.3. The predicted octanol–water partition coefficient (Wildman–Crippen LogP) is 2.72. The average molecular weight is 366 g/mol. The van der Waals surface area contributed by atoms with Gasteiger partial charge < -0.3 is 15.2 Å². The zero-order valence-corrected chi connectivity index (χ0v) is 16.7. The van der Waals surface area contributed by atoms with Crippen LogP contribution in [-0.4, -0.2) is 44.6 Å². The maximum absolute atomic E-state index is 12.6. The summed E-state index contributed by atoms with van der Waals surface area (Å²) in [5.74, 6) is 1.50. The highest BCUT2D eigenvalue weighted by atomic mass is 32.2. The second-order valence-corrected chi connectivity index (χ2v) is 8.69. The molecular weight excluding hydrogens is 334 g/mol. The lowest BCUT2D eigenvalue weighted by atomic mass is 9.97. The maximum atomic E-state index is 12.6. The van der Waals surface area contributed by atoms with E-state index in [0.717, 1.165) is 43.3 Å². The average Bonchev–Trinajstić information content (AvgIpc) is 2.94. The van der Waals surface area contributed by atoms with Gasteiger partial charge in [-0.15, -0.1) is 16.8 Å². The van der Waals surface area contributed by atoms with E-state index in [2.05, 4.69) is 32.0 Å². The molecule has 0 spiro atoms. The molecule has 0 aliphatic carbocycles. The van der Waals surface area contributed by atoms with Gasteiger partial charge in [-0.3, -0.25) is 4.79 Å². The minimum absolute atomic E-state index is 0.0524. The second-order valence-electron chi connectivity index (χ2n) is 7.52. The highest BCUT2D eigenvalue weighted by Gasteiger charge is 2.27. The number of nitrogens with zero attached hydrogens (tertiary/aromatic N) is 3. The van der Waals surface area contributed by atoms with Crippen molar-refractivity contribution < 1.29 is 4.79 Å². The molecule has 0 saturated carbocycles. The molecule has 0 unspecified atom stereocenters. The van der Waals surface area contributed by atoms with Crippen molar-refractivity contribution in [1.29, 1.82) is 0 Å². The van der Waals surface area contributed by atoms with Gasteiger partial charge in [0, 0.05) is 18.0 Å². The van der Waals surface area contributed by atoms with E-state index < -0.39 is 0 Å². The van der Waals surface area contributed by atoms with Crippen LogP contribution >= 0.6 is 11.8 Å². The van der Waals surface area contributed by atoms with E-state index in [1.807, 2.05) is 33.8 Å². The largest absolute Gasteiger partial charge is 0.351 e.